The molecule has 2 heterocycles. The summed E-state index contributed by atoms with van der Waals surface area (Å²) in [5, 5.41) is -0.0645. The molecule has 0 amide bonds. The van der Waals surface area contributed by atoms with Crippen LogP contribution < -0.4 is 48.6 Å². The van der Waals surface area contributed by atoms with Crippen LogP contribution in [0.3, 0.4) is 0 Å². The van der Waals surface area contributed by atoms with E-state index in [2.05, 4.69) is 210 Å². The predicted octanol–water partition coefficient (Wildman–Crippen LogP) is 3.35. The molecule has 0 aromatic heterocycles. The topological polar surface area (TPSA) is 3.24 Å². The Hall–Kier alpha value is -4.43. The molecule has 1 saturated carbocycles. The van der Waals surface area contributed by atoms with Gasteiger partial charge in [0.15, 0.2) is 0 Å². The second kappa shape index (κ2) is 13.4. The summed E-state index contributed by atoms with van der Waals surface area (Å²) in [5.74, 6) is 0. The third-order valence-corrected chi connectivity index (χ3v) is 17.6. The van der Waals surface area contributed by atoms with E-state index in [4.69, 9.17) is 0 Å². The van der Waals surface area contributed by atoms with E-state index in [1.165, 1.54) is 125 Å². The van der Waals surface area contributed by atoms with Crippen molar-refractivity contribution in [2.75, 3.05) is 4.90 Å². The number of benzene rings is 6. The highest BCUT2D eigenvalue weighted by Gasteiger charge is 2.52. The van der Waals surface area contributed by atoms with Crippen molar-refractivity contribution in [3.05, 3.63) is 136 Å². The standard InChI is InChI=1S/C56H64B7N/c1-51(2,3)31-15-19-33(20-16-31)62-41-28-38-36(35-13-11-12-14-37(35)53(38,7)8)27-43(41)64-44-30-40-39(54(9)23-25-55(40,10)26-24-54)29-42(44)63(34-21-17-32(18-22-34)52(4,5)6)49-47(58)45(56(59,60)61)46(57)48(62)50(49)64/h11-22,27-30H,23-26,57-61H2,1-10H3. The molecule has 0 radical (unpaired) electrons. The third kappa shape index (κ3) is 5.78. The second-order valence-electron chi connectivity index (χ2n) is 25.2. The largest absolute Gasteiger partial charge is 0.313 e. The molecule has 0 saturated heterocycles. The minimum Gasteiger partial charge on any atom is -0.313 e. The highest BCUT2D eigenvalue weighted by molar-refractivity contribution is 7.04. The van der Waals surface area contributed by atoms with E-state index in [9.17, 15) is 0 Å². The highest BCUT2D eigenvalue weighted by atomic mass is 15.2. The lowest BCUT2D eigenvalue weighted by molar-refractivity contribution is 0.188. The molecule has 0 spiro atoms. The Morgan fingerprint density at radius 3 is 1.42 bits per heavy atom. The highest BCUT2D eigenvalue weighted by Crippen LogP contribution is 2.58. The molecule has 6 aromatic rings. The molecule has 0 atom stereocenters. The van der Waals surface area contributed by atoms with Crippen molar-refractivity contribution in [2.24, 2.45) is 0 Å². The summed E-state index contributed by atoms with van der Waals surface area (Å²) in [7, 11) is 12.3. The van der Waals surface area contributed by atoms with Gasteiger partial charge in [0.05, 0.1) is 23.5 Å². The van der Waals surface area contributed by atoms with Gasteiger partial charge >= 0.3 is 0 Å². The zero-order valence-electron chi connectivity index (χ0n) is 41.7. The summed E-state index contributed by atoms with van der Waals surface area (Å²) in [6.45, 7) is 24.3. The van der Waals surface area contributed by atoms with Crippen LogP contribution in [-0.4, -0.2) is 52.7 Å². The summed E-state index contributed by atoms with van der Waals surface area (Å²) in [4.78, 5) is 2.82. The normalized spacial score (nSPS) is 21.2. The van der Waals surface area contributed by atoms with Crippen LogP contribution in [0, 0.1) is 0 Å². The van der Waals surface area contributed by atoms with Gasteiger partial charge in [-0.2, -0.15) is 0 Å². The Morgan fingerprint density at radius 1 is 0.516 bits per heavy atom. The second-order valence-corrected chi connectivity index (χ2v) is 25.2. The van der Waals surface area contributed by atoms with E-state index in [0.29, 0.717) is 0 Å². The van der Waals surface area contributed by atoms with Gasteiger partial charge in [0.1, 0.15) is 15.7 Å². The summed E-state index contributed by atoms with van der Waals surface area (Å²) in [6.07, 6.45) is 5.09. The molecular formula is C56H64B7N. The molecule has 2 bridgehead atoms. The van der Waals surface area contributed by atoms with Crippen LogP contribution in [0.25, 0.3) is 11.1 Å². The van der Waals surface area contributed by atoms with E-state index in [1.54, 1.807) is 11.1 Å². The minimum absolute atomic E-state index is 0.0645. The van der Waals surface area contributed by atoms with Crippen LogP contribution in [0.15, 0.2) is 97.1 Å². The molecule has 64 heavy (non-hydrogen) atoms. The first-order chi connectivity index (χ1) is 29.9. The van der Waals surface area contributed by atoms with Crippen LogP contribution in [-0.2, 0) is 32.2 Å². The lowest BCUT2D eigenvalue weighted by Gasteiger charge is -2.54. The fraction of sp³-hybridized carbons (Fsp3) is 0.357. The van der Waals surface area contributed by atoms with Crippen molar-refractivity contribution >= 4 is 113 Å². The number of nitrogens with zero attached hydrogens (tertiary/aromatic N) is 1. The molecule has 1 fully saturated rings. The van der Waals surface area contributed by atoms with Crippen molar-refractivity contribution in [1.82, 2.24) is 0 Å². The average molecular weight is 827 g/mol. The van der Waals surface area contributed by atoms with Crippen LogP contribution in [0.2, 0.25) is 0 Å². The SMILES string of the molecule is Bc1c2c3c(c(B)c1C(B)(B)B)B(c1ccc(C(C)(C)C)cc1)c1cc4c(cc1N3c1cc3c(cc1B2c1ccc(C(C)(C)C)cc1)C(C)(C)c1ccccc1-3)C1(C)CCC4(C)CC1. The molecule has 12 rings (SSSR count). The molecule has 8 heteroatoms. The van der Waals surface area contributed by atoms with Crippen molar-refractivity contribution in [2.45, 2.75) is 127 Å². The van der Waals surface area contributed by atoms with Crippen molar-refractivity contribution in [3.8, 4) is 11.1 Å². The summed E-state index contributed by atoms with van der Waals surface area (Å²) >= 11 is 0. The van der Waals surface area contributed by atoms with Crippen molar-refractivity contribution < 1.29 is 0 Å². The Labute approximate surface area is 390 Å². The quantitative estimate of drug-likeness (QED) is 0.248. The molecule has 6 aromatic carbocycles. The van der Waals surface area contributed by atoms with Crippen LogP contribution in [0.4, 0.5) is 17.1 Å². The zero-order chi connectivity index (χ0) is 45.4. The fourth-order valence-electron chi connectivity index (χ4n) is 13.9. The molecule has 4 aliphatic carbocycles. The Kier molecular flexibility index (Phi) is 8.81. The van der Waals surface area contributed by atoms with Gasteiger partial charge in [-0.3, -0.25) is 0 Å². The average Bonchev–Trinajstić information content (AvgIpc) is 3.45. The lowest BCUT2D eigenvalue weighted by atomic mass is 9.26. The molecule has 2 aliphatic heterocycles. The monoisotopic (exact) mass is 828 g/mol. The molecule has 1 nitrogen and oxygen atoms in total. The van der Waals surface area contributed by atoms with Gasteiger partial charge in [-0.05, 0) is 115 Å². The number of fused-ring (bicyclic) bond motifs is 9. The molecule has 0 unspecified atom stereocenters. The van der Waals surface area contributed by atoms with Crippen LogP contribution in [0.1, 0.15) is 134 Å². The van der Waals surface area contributed by atoms with Crippen molar-refractivity contribution in [3.63, 3.8) is 0 Å². The Morgan fingerprint density at radius 2 is 0.953 bits per heavy atom. The maximum absolute atomic E-state index is 2.82. The van der Waals surface area contributed by atoms with E-state index in [0.717, 1.165) is 0 Å². The van der Waals surface area contributed by atoms with Gasteiger partial charge in [-0.15, -0.1) is 0 Å². The van der Waals surface area contributed by atoms with E-state index >= 15 is 0 Å². The summed E-state index contributed by atoms with van der Waals surface area (Å²) in [6, 6.07) is 39.7. The summed E-state index contributed by atoms with van der Waals surface area (Å²) < 4.78 is 0. The maximum Gasteiger partial charge on any atom is 0.245 e. The summed E-state index contributed by atoms with van der Waals surface area (Å²) in [5.41, 5.74) is 29.4. The number of rotatable bonds is 3. The van der Waals surface area contributed by atoms with Crippen molar-refractivity contribution in [1.29, 1.82) is 0 Å². The molecule has 314 valence electrons. The number of anilines is 3. The smallest absolute Gasteiger partial charge is 0.245 e. The van der Waals surface area contributed by atoms with E-state index in [1.807, 2.05) is 0 Å². The first-order valence-corrected chi connectivity index (χ1v) is 24.6. The zero-order valence-corrected chi connectivity index (χ0v) is 41.7. The molecule has 6 aliphatic rings. The van der Waals surface area contributed by atoms with Gasteiger partial charge in [0.2, 0.25) is 13.4 Å². The van der Waals surface area contributed by atoms with E-state index < -0.39 is 0 Å². The van der Waals surface area contributed by atoms with Crippen LogP contribution >= 0.6 is 0 Å². The van der Waals surface area contributed by atoms with Gasteiger partial charge in [0.25, 0.3) is 0 Å². The van der Waals surface area contributed by atoms with Gasteiger partial charge in [-0.1, -0.05) is 198 Å². The molecular weight excluding hydrogens is 762 g/mol. The first kappa shape index (κ1) is 42.2. The van der Waals surface area contributed by atoms with E-state index in [-0.39, 0.29) is 45.6 Å². The lowest BCUT2D eigenvalue weighted by Crippen LogP contribution is -2.72. The molecule has 0 N–H and O–H groups in total. The first-order valence-electron chi connectivity index (χ1n) is 24.6. The Bertz CT molecular complexity index is 2970. The van der Waals surface area contributed by atoms with Crippen LogP contribution in [0.5, 0.6) is 0 Å². The number of hydrogen-bond acceptors (Lipinski definition) is 1. The van der Waals surface area contributed by atoms with Gasteiger partial charge in [0, 0.05) is 22.5 Å². The minimum atomic E-state index is -0.113. The predicted molar refractivity (Wildman–Crippen MR) is 295 cm³/mol. The van der Waals surface area contributed by atoms with Gasteiger partial charge in [-0.25, -0.2) is 0 Å². The van der Waals surface area contributed by atoms with Gasteiger partial charge < -0.3 is 4.90 Å². The Balaban J connectivity index is 1.31. The fourth-order valence-corrected chi connectivity index (χ4v) is 13.9. The maximum atomic E-state index is 2.82. The number of hydrogen-bond donors (Lipinski definition) is 0. The third-order valence-electron chi connectivity index (χ3n) is 17.6.